The van der Waals surface area contributed by atoms with Crippen LogP contribution in [0.1, 0.15) is 6.42 Å². The van der Waals surface area contributed by atoms with Crippen LogP contribution in [0.15, 0.2) is 30.3 Å². The van der Waals surface area contributed by atoms with Crippen LogP contribution in [0.4, 0.5) is 4.79 Å². The molecule has 1 aromatic carbocycles. The predicted molar refractivity (Wildman–Crippen MR) is 72.6 cm³/mol. The fourth-order valence-electron chi connectivity index (χ4n) is 1.77. The van der Waals surface area contributed by atoms with Crippen LogP contribution in [-0.4, -0.2) is 49.1 Å². The zero-order valence-electron chi connectivity index (χ0n) is 11.4. The fraction of sp³-hybridized carbons (Fsp3) is 0.357. The molecule has 1 aromatic rings. The second-order valence-electron chi connectivity index (χ2n) is 4.35. The van der Waals surface area contributed by atoms with Gasteiger partial charge in [0.1, 0.15) is 5.75 Å². The number of amides is 3. The number of rotatable bonds is 6. The second-order valence-corrected chi connectivity index (χ2v) is 4.35. The van der Waals surface area contributed by atoms with E-state index in [4.69, 9.17) is 9.47 Å². The largest absolute Gasteiger partial charge is 0.493 e. The molecular weight excluding hydrogens is 276 g/mol. The number of nitrogens with one attached hydrogen (secondary N) is 1. The molecule has 0 saturated carbocycles. The topological polar surface area (TPSA) is 84.9 Å². The van der Waals surface area contributed by atoms with E-state index in [1.165, 1.54) is 0 Å². The van der Waals surface area contributed by atoms with E-state index in [1.54, 1.807) is 12.1 Å². The van der Waals surface area contributed by atoms with Crippen molar-refractivity contribution < 1.29 is 23.9 Å². The molecular formula is C14H16N2O5. The van der Waals surface area contributed by atoms with Crippen molar-refractivity contribution in [1.29, 1.82) is 0 Å². The molecule has 7 heteroatoms. The predicted octanol–water partition coefficient (Wildman–Crippen LogP) is 0.550. The SMILES string of the molecule is O=C(CCOc1ccccc1)OCC(=O)N1CCNC1=O. The summed E-state index contributed by atoms with van der Waals surface area (Å²) in [6.45, 7) is 0.453. The number of ether oxygens (including phenoxy) is 2. The first-order chi connectivity index (χ1) is 10.2. The summed E-state index contributed by atoms with van der Waals surface area (Å²) in [5.74, 6) is -0.406. The average Bonchev–Trinajstić information content (AvgIpc) is 2.92. The first-order valence-corrected chi connectivity index (χ1v) is 6.58. The summed E-state index contributed by atoms with van der Waals surface area (Å²) in [6, 6.07) is 8.62. The van der Waals surface area contributed by atoms with E-state index >= 15 is 0 Å². The summed E-state index contributed by atoms with van der Waals surface area (Å²) < 4.78 is 10.2. The molecule has 0 atom stereocenters. The molecule has 0 unspecified atom stereocenters. The monoisotopic (exact) mass is 292 g/mol. The number of esters is 1. The Labute approximate surface area is 121 Å². The Morgan fingerprint density at radius 3 is 2.67 bits per heavy atom. The zero-order valence-corrected chi connectivity index (χ0v) is 11.4. The maximum atomic E-state index is 11.6. The molecule has 0 spiro atoms. The number of hydrogen-bond acceptors (Lipinski definition) is 5. The third-order valence-electron chi connectivity index (χ3n) is 2.83. The summed E-state index contributed by atoms with van der Waals surface area (Å²) in [7, 11) is 0. The van der Waals surface area contributed by atoms with E-state index in [2.05, 4.69) is 5.32 Å². The molecule has 1 fully saturated rings. The van der Waals surface area contributed by atoms with E-state index in [0.29, 0.717) is 18.8 Å². The van der Waals surface area contributed by atoms with E-state index < -0.39 is 24.5 Å². The Kier molecular flexibility index (Phi) is 5.14. The van der Waals surface area contributed by atoms with Crippen LogP contribution in [0.2, 0.25) is 0 Å². The molecule has 3 amide bonds. The highest BCUT2D eigenvalue weighted by atomic mass is 16.5. The molecule has 1 heterocycles. The van der Waals surface area contributed by atoms with Crippen LogP contribution < -0.4 is 10.1 Å². The molecule has 2 rings (SSSR count). The van der Waals surface area contributed by atoms with Gasteiger partial charge in [-0.15, -0.1) is 0 Å². The van der Waals surface area contributed by atoms with E-state index in [1.807, 2.05) is 18.2 Å². The minimum atomic E-state index is -0.543. The van der Waals surface area contributed by atoms with Gasteiger partial charge in [-0.05, 0) is 12.1 Å². The lowest BCUT2D eigenvalue weighted by molar-refractivity contribution is -0.151. The summed E-state index contributed by atoms with van der Waals surface area (Å²) in [4.78, 5) is 35.3. The molecule has 1 saturated heterocycles. The van der Waals surface area contributed by atoms with Gasteiger partial charge in [0.25, 0.3) is 5.91 Å². The van der Waals surface area contributed by atoms with Crippen LogP contribution in [0, 0.1) is 0 Å². The highest BCUT2D eigenvalue weighted by Gasteiger charge is 2.26. The molecule has 112 valence electrons. The first kappa shape index (κ1) is 14.8. The van der Waals surface area contributed by atoms with E-state index in [9.17, 15) is 14.4 Å². The van der Waals surface area contributed by atoms with Gasteiger partial charge >= 0.3 is 12.0 Å². The Morgan fingerprint density at radius 1 is 1.24 bits per heavy atom. The van der Waals surface area contributed by atoms with Crippen LogP contribution in [0.5, 0.6) is 5.75 Å². The lowest BCUT2D eigenvalue weighted by Gasteiger charge is -2.12. The third-order valence-corrected chi connectivity index (χ3v) is 2.83. The van der Waals surface area contributed by atoms with Crippen molar-refractivity contribution in [1.82, 2.24) is 10.2 Å². The zero-order chi connectivity index (χ0) is 15.1. The molecule has 1 aliphatic rings. The van der Waals surface area contributed by atoms with Gasteiger partial charge in [0.2, 0.25) is 0 Å². The summed E-state index contributed by atoms with van der Waals surface area (Å²) in [5.41, 5.74) is 0. The maximum absolute atomic E-state index is 11.6. The van der Waals surface area contributed by atoms with Gasteiger partial charge in [0, 0.05) is 13.1 Å². The number of para-hydroxylation sites is 1. The van der Waals surface area contributed by atoms with Crippen LogP contribution in [0.3, 0.4) is 0 Å². The molecule has 0 radical (unpaired) electrons. The van der Waals surface area contributed by atoms with Gasteiger partial charge in [0.15, 0.2) is 6.61 Å². The number of imide groups is 1. The fourth-order valence-corrected chi connectivity index (χ4v) is 1.77. The van der Waals surface area contributed by atoms with Gasteiger partial charge in [0.05, 0.1) is 13.0 Å². The normalized spacial score (nSPS) is 13.7. The van der Waals surface area contributed by atoms with Gasteiger partial charge < -0.3 is 14.8 Å². The molecule has 0 aromatic heterocycles. The third kappa shape index (κ3) is 4.48. The van der Waals surface area contributed by atoms with Crippen LogP contribution in [0.25, 0.3) is 0 Å². The summed E-state index contributed by atoms with van der Waals surface area (Å²) >= 11 is 0. The minimum absolute atomic E-state index is 0.0361. The van der Waals surface area contributed by atoms with E-state index in [0.717, 1.165) is 4.90 Å². The lowest BCUT2D eigenvalue weighted by Crippen LogP contribution is -2.37. The van der Waals surface area contributed by atoms with Crippen molar-refractivity contribution >= 4 is 17.9 Å². The van der Waals surface area contributed by atoms with Gasteiger partial charge in [-0.2, -0.15) is 0 Å². The Morgan fingerprint density at radius 2 is 2.00 bits per heavy atom. The number of carbonyl (C=O) groups excluding carboxylic acids is 3. The van der Waals surface area contributed by atoms with Gasteiger partial charge in [-0.25, -0.2) is 4.79 Å². The number of carbonyl (C=O) groups is 3. The van der Waals surface area contributed by atoms with Crippen molar-refractivity contribution in [2.24, 2.45) is 0 Å². The molecule has 21 heavy (non-hydrogen) atoms. The van der Waals surface area contributed by atoms with Crippen molar-refractivity contribution in [3.8, 4) is 5.75 Å². The molecule has 0 bridgehead atoms. The average molecular weight is 292 g/mol. The highest BCUT2D eigenvalue weighted by molar-refractivity contribution is 5.96. The molecule has 7 nitrogen and oxygen atoms in total. The maximum Gasteiger partial charge on any atom is 0.324 e. The highest BCUT2D eigenvalue weighted by Crippen LogP contribution is 2.08. The van der Waals surface area contributed by atoms with Crippen LogP contribution in [-0.2, 0) is 14.3 Å². The summed E-state index contributed by atoms with van der Waals surface area (Å²) in [6.07, 6.45) is 0.0361. The Balaban J connectivity index is 1.63. The van der Waals surface area contributed by atoms with Gasteiger partial charge in [-0.3, -0.25) is 14.5 Å². The Hall–Kier alpha value is -2.57. The molecule has 0 aliphatic carbocycles. The standard InChI is InChI=1S/C14H16N2O5/c17-12(16-8-7-15-14(16)19)10-21-13(18)6-9-20-11-4-2-1-3-5-11/h1-5H,6-10H2,(H,15,19). The Bertz CT molecular complexity index is 517. The number of benzene rings is 1. The quantitative estimate of drug-likeness (QED) is 0.774. The van der Waals surface area contributed by atoms with Crippen LogP contribution >= 0.6 is 0 Å². The second kappa shape index (κ2) is 7.28. The van der Waals surface area contributed by atoms with Crippen molar-refractivity contribution in [2.45, 2.75) is 6.42 Å². The molecule has 1 N–H and O–H groups in total. The molecule has 1 aliphatic heterocycles. The number of hydrogen-bond donors (Lipinski definition) is 1. The number of urea groups is 1. The number of nitrogens with zero attached hydrogens (tertiary/aromatic N) is 1. The van der Waals surface area contributed by atoms with Crippen molar-refractivity contribution in [2.75, 3.05) is 26.3 Å². The summed E-state index contributed by atoms with van der Waals surface area (Å²) in [5, 5.41) is 2.50. The first-order valence-electron chi connectivity index (χ1n) is 6.58. The van der Waals surface area contributed by atoms with Crippen molar-refractivity contribution in [3.63, 3.8) is 0 Å². The van der Waals surface area contributed by atoms with E-state index in [-0.39, 0.29) is 13.0 Å². The van der Waals surface area contributed by atoms with Crippen molar-refractivity contribution in [3.05, 3.63) is 30.3 Å². The van der Waals surface area contributed by atoms with Gasteiger partial charge in [-0.1, -0.05) is 18.2 Å². The minimum Gasteiger partial charge on any atom is -0.493 e. The smallest absolute Gasteiger partial charge is 0.324 e. The lowest BCUT2D eigenvalue weighted by atomic mass is 10.3.